The minimum absolute atomic E-state index is 0.0615. The average Bonchev–Trinajstić information content (AvgIpc) is 3.09. The molecule has 0 N–H and O–H groups in total. The third kappa shape index (κ3) is 7.51. The Labute approximate surface area is 203 Å². The predicted octanol–water partition coefficient (Wildman–Crippen LogP) is 5.48. The van der Waals surface area contributed by atoms with Gasteiger partial charge in [0.1, 0.15) is 5.75 Å². The molecular formula is C28H40N2O4. The van der Waals surface area contributed by atoms with Gasteiger partial charge in [0.05, 0.1) is 13.2 Å². The molecule has 6 nitrogen and oxygen atoms in total. The SMILES string of the molecule is C/C=C\C(=C/C)Cn1cc(CCCc2ccc(OC(C)(C)C(=O)OCC)cc2)n(CCC)c1=O. The molecule has 0 atom stereocenters. The van der Waals surface area contributed by atoms with Crippen LogP contribution < -0.4 is 10.4 Å². The number of rotatable bonds is 13. The summed E-state index contributed by atoms with van der Waals surface area (Å²) in [5, 5.41) is 0. The molecule has 0 saturated heterocycles. The molecule has 0 amide bonds. The second-order valence-electron chi connectivity index (χ2n) is 8.88. The first-order valence-corrected chi connectivity index (χ1v) is 12.3. The van der Waals surface area contributed by atoms with Crippen molar-refractivity contribution in [2.75, 3.05) is 6.61 Å². The van der Waals surface area contributed by atoms with E-state index in [2.05, 4.69) is 6.92 Å². The van der Waals surface area contributed by atoms with E-state index in [-0.39, 0.29) is 11.7 Å². The Balaban J connectivity index is 2.02. The maximum Gasteiger partial charge on any atom is 0.349 e. The van der Waals surface area contributed by atoms with E-state index in [9.17, 15) is 9.59 Å². The van der Waals surface area contributed by atoms with E-state index < -0.39 is 5.60 Å². The van der Waals surface area contributed by atoms with Gasteiger partial charge in [0.2, 0.25) is 0 Å². The smallest absolute Gasteiger partial charge is 0.349 e. The monoisotopic (exact) mass is 468 g/mol. The Morgan fingerprint density at radius 2 is 1.79 bits per heavy atom. The normalized spacial score (nSPS) is 12.4. The highest BCUT2D eigenvalue weighted by molar-refractivity contribution is 5.79. The van der Waals surface area contributed by atoms with Gasteiger partial charge in [-0.2, -0.15) is 0 Å². The molecule has 0 fully saturated rings. The molecule has 2 rings (SSSR count). The van der Waals surface area contributed by atoms with Gasteiger partial charge in [0, 0.05) is 18.4 Å². The van der Waals surface area contributed by atoms with E-state index in [0.29, 0.717) is 18.9 Å². The predicted molar refractivity (Wildman–Crippen MR) is 137 cm³/mol. The Hall–Kier alpha value is -3.02. The summed E-state index contributed by atoms with van der Waals surface area (Å²) in [7, 11) is 0. The van der Waals surface area contributed by atoms with Crippen molar-refractivity contribution < 1.29 is 14.3 Å². The number of carbonyl (C=O) groups excluding carboxylic acids is 1. The van der Waals surface area contributed by atoms with Gasteiger partial charge in [-0.15, -0.1) is 0 Å². The fourth-order valence-corrected chi connectivity index (χ4v) is 3.85. The van der Waals surface area contributed by atoms with E-state index in [1.54, 1.807) is 20.8 Å². The van der Waals surface area contributed by atoms with Crippen molar-refractivity contribution in [3.8, 4) is 5.75 Å². The molecule has 1 aromatic heterocycles. The summed E-state index contributed by atoms with van der Waals surface area (Å²) in [5.74, 6) is 0.257. The lowest BCUT2D eigenvalue weighted by molar-refractivity contribution is -0.158. The highest BCUT2D eigenvalue weighted by atomic mass is 16.6. The third-order valence-electron chi connectivity index (χ3n) is 5.64. The van der Waals surface area contributed by atoms with Crippen molar-refractivity contribution in [3.63, 3.8) is 0 Å². The second-order valence-corrected chi connectivity index (χ2v) is 8.88. The summed E-state index contributed by atoms with van der Waals surface area (Å²) in [5.41, 5.74) is 2.42. The number of esters is 1. The largest absolute Gasteiger partial charge is 0.476 e. The van der Waals surface area contributed by atoms with Crippen LogP contribution in [0.3, 0.4) is 0 Å². The van der Waals surface area contributed by atoms with Crippen LogP contribution in [0.5, 0.6) is 5.75 Å². The summed E-state index contributed by atoms with van der Waals surface area (Å²) in [6, 6.07) is 7.83. The number of benzene rings is 1. The minimum Gasteiger partial charge on any atom is -0.476 e. The first kappa shape index (κ1) is 27.2. The van der Waals surface area contributed by atoms with E-state index in [4.69, 9.17) is 9.47 Å². The van der Waals surface area contributed by atoms with Crippen LogP contribution in [0.2, 0.25) is 0 Å². The topological polar surface area (TPSA) is 62.5 Å². The number of nitrogens with zero attached hydrogens (tertiary/aromatic N) is 2. The quantitative estimate of drug-likeness (QED) is 0.289. The van der Waals surface area contributed by atoms with Crippen LogP contribution in [0.1, 0.15) is 65.6 Å². The second kappa shape index (κ2) is 13.0. The third-order valence-corrected chi connectivity index (χ3v) is 5.64. The van der Waals surface area contributed by atoms with E-state index in [1.807, 2.05) is 71.7 Å². The van der Waals surface area contributed by atoms with Crippen LogP contribution in [-0.4, -0.2) is 27.3 Å². The fourth-order valence-electron chi connectivity index (χ4n) is 3.85. The van der Waals surface area contributed by atoms with Gasteiger partial charge in [-0.05, 0) is 83.6 Å². The van der Waals surface area contributed by atoms with Gasteiger partial charge in [-0.25, -0.2) is 9.59 Å². The first-order chi connectivity index (χ1) is 16.2. The number of aromatic nitrogens is 2. The van der Waals surface area contributed by atoms with Crippen molar-refractivity contribution in [2.24, 2.45) is 0 Å². The van der Waals surface area contributed by atoms with Crippen LogP contribution in [0.4, 0.5) is 0 Å². The lowest BCUT2D eigenvalue weighted by Gasteiger charge is -2.24. The molecule has 0 unspecified atom stereocenters. The molecule has 34 heavy (non-hydrogen) atoms. The van der Waals surface area contributed by atoms with Crippen molar-refractivity contribution in [1.82, 2.24) is 9.13 Å². The summed E-state index contributed by atoms with van der Waals surface area (Å²) in [6.45, 7) is 12.9. The lowest BCUT2D eigenvalue weighted by atomic mass is 10.1. The summed E-state index contributed by atoms with van der Waals surface area (Å²) in [6.07, 6.45) is 11.7. The Kier molecular flexibility index (Phi) is 10.4. The summed E-state index contributed by atoms with van der Waals surface area (Å²) in [4.78, 5) is 25.0. The lowest BCUT2D eigenvalue weighted by Crippen LogP contribution is -2.39. The number of aryl methyl sites for hydroxylation is 2. The van der Waals surface area contributed by atoms with Gasteiger partial charge in [0.25, 0.3) is 0 Å². The molecule has 0 aliphatic heterocycles. The van der Waals surface area contributed by atoms with Gasteiger partial charge in [-0.1, -0.05) is 37.3 Å². The molecule has 0 spiro atoms. The molecule has 0 aliphatic carbocycles. The molecule has 1 aromatic carbocycles. The van der Waals surface area contributed by atoms with Gasteiger partial charge in [-0.3, -0.25) is 9.13 Å². The first-order valence-electron chi connectivity index (χ1n) is 12.3. The average molecular weight is 469 g/mol. The number of ether oxygens (including phenoxy) is 2. The van der Waals surface area contributed by atoms with E-state index >= 15 is 0 Å². The summed E-state index contributed by atoms with van der Waals surface area (Å²) < 4.78 is 14.6. The number of carbonyl (C=O) groups is 1. The van der Waals surface area contributed by atoms with Crippen LogP contribution in [-0.2, 0) is 35.5 Å². The van der Waals surface area contributed by atoms with Crippen molar-refractivity contribution in [2.45, 2.75) is 85.9 Å². The van der Waals surface area contributed by atoms with Crippen LogP contribution in [0.25, 0.3) is 0 Å². The molecule has 2 aromatic rings. The standard InChI is InChI=1S/C28H40N2O4/c1-7-12-22(9-3)20-29-21-24(30(19-8-2)27(29)32)14-11-13-23-15-17-25(18-16-23)34-28(5,6)26(31)33-10-4/h7,9,12,15-18,21H,8,10-11,13-14,19-20H2,1-6H3/b12-7-,22-9+. The zero-order chi connectivity index (χ0) is 25.1. The molecule has 0 aliphatic rings. The molecule has 0 radical (unpaired) electrons. The van der Waals surface area contributed by atoms with E-state index in [1.165, 1.54) is 5.56 Å². The highest BCUT2D eigenvalue weighted by Crippen LogP contribution is 2.21. The zero-order valence-corrected chi connectivity index (χ0v) is 21.6. The van der Waals surface area contributed by atoms with Gasteiger partial charge >= 0.3 is 11.7 Å². The van der Waals surface area contributed by atoms with Crippen molar-refractivity contribution >= 4 is 5.97 Å². The fraction of sp³-hybridized carbons (Fsp3) is 0.500. The number of hydrogen-bond acceptors (Lipinski definition) is 4. The number of allylic oxidation sites excluding steroid dienone is 4. The van der Waals surface area contributed by atoms with Crippen LogP contribution >= 0.6 is 0 Å². The minimum atomic E-state index is -1.03. The van der Waals surface area contributed by atoms with Crippen LogP contribution in [0, 0.1) is 0 Å². The maximum absolute atomic E-state index is 12.9. The molecular weight excluding hydrogens is 428 g/mol. The maximum atomic E-state index is 12.9. The highest BCUT2D eigenvalue weighted by Gasteiger charge is 2.31. The molecule has 6 heteroatoms. The molecule has 186 valence electrons. The zero-order valence-electron chi connectivity index (χ0n) is 21.6. The molecule has 1 heterocycles. The number of hydrogen-bond donors (Lipinski definition) is 0. The molecule has 0 bridgehead atoms. The van der Waals surface area contributed by atoms with Crippen LogP contribution in [0.15, 0.2) is 59.1 Å². The Bertz CT molecular complexity index is 1040. The van der Waals surface area contributed by atoms with Gasteiger partial charge in [0.15, 0.2) is 5.60 Å². The van der Waals surface area contributed by atoms with Gasteiger partial charge < -0.3 is 9.47 Å². The Morgan fingerprint density at radius 3 is 2.38 bits per heavy atom. The number of imidazole rings is 1. The van der Waals surface area contributed by atoms with Crippen molar-refractivity contribution in [3.05, 3.63) is 76.0 Å². The van der Waals surface area contributed by atoms with Crippen molar-refractivity contribution in [1.29, 1.82) is 0 Å². The Morgan fingerprint density at radius 1 is 1.09 bits per heavy atom. The van der Waals surface area contributed by atoms with E-state index in [0.717, 1.165) is 43.5 Å². The summed E-state index contributed by atoms with van der Waals surface area (Å²) >= 11 is 0. The molecule has 0 saturated carbocycles.